The van der Waals surface area contributed by atoms with Gasteiger partial charge in [0.05, 0.1) is 17.8 Å². The van der Waals surface area contributed by atoms with Crippen LogP contribution in [0.2, 0.25) is 0 Å². The number of alkyl halides is 3. The molecule has 1 saturated carbocycles. The Hall–Kier alpha value is -2.94. The lowest BCUT2D eigenvalue weighted by Gasteiger charge is -2.33. The van der Waals surface area contributed by atoms with Crippen molar-refractivity contribution < 1.29 is 13.2 Å². The molecule has 0 radical (unpaired) electrons. The molecule has 6 nitrogen and oxygen atoms in total. The summed E-state index contributed by atoms with van der Waals surface area (Å²) in [4.78, 5) is 6.50. The zero-order valence-corrected chi connectivity index (χ0v) is 21.5. The van der Waals surface area contributed by atoms with Gasteiger partial charge < -0.3 is 9.88 Å². The van der Waals surface area contributed by atoms with Gasteiger partial charge in [0.2, 0.25) is 0 Å². The lowest BCUT2D eigenvalue weighted by molar-refractivity contribution is -0.138. The number of halogens is 3. The van der Waals surface area contributed by atoms with E-state index in [1.54, 1.807) is 12.5 Å². The molecule has 1 N–H and O–H groups in total. The number of hydrogen-bond acceptors (Lipinski definition) is 5. The van der Waals surface area contributed by atoms with Crippen LogP contribution in [0.1, 0.15) is 73.2 Å². The van der Waals surface area contributed by atoms with E-state index in [0.717, 1.165) is 49.4 Å². The first-order chi connectivity index (χ1) is 17.8. The topological polar surface area (TPSA) is 58.9 Å². The van der Waals surface area contributed by atoms with Crippen LogP contribution < -0.4 is 5.32 Å². The van der Waals surface area contributed by atoms with E-state index in [9.17, 15) is 13.2 Å². The maximum Gasteiger partial charge on any atom is 0.418 e. The first-order valence-corrected chi connectivity index (χ1v) is 13.2. The van der Waals surface area contributed by atoms with Crippen molar-refractivity contribution in [2.75, 3.05) is 18.4 Å². The summed E-state index contributed by atoms with van der Waals surface area (Å²) >= 11 is 0. The van der Waals surface area contributed by atoms with Gasteiger partial charge >= 0.3 is 6.18 Å². The Morgan fingerprint density at radius 1 is 1.14 bits per heavy atom. The summed E-state index contributed by atoms with van der Waals surface area (Å²) in [6.07, 6.45) is 4.58. The van der Waals surface area contributed by atoms with Crippen LogP contribution in [0.3, 0.4) is 0 Å². The summed E-state index contributed by atoms with van der Waals surface area (Å²) in [5.74, 6) is 2.10. The maximum absolute atomic E-state index is 14.0. The van der Waals surface area contributed by atoms with Crippen LogP contribution in [-0.2, 0) is 26.3 Å². The molecular formula is C28H35F3N6. The Kier molecular flexibility index (Phi) is 7.51. The number of nitrogens with zero attached hydrogens (tertiary/aromatic N) is 5. The Morgan fingerprint density at radius 3 is 2.65 bits per heavy atom. The summed E-state index contributed by atoms with van der Waals surface area (Å²) < 4.78 is 43.9. The molecule has 5 rings (SSSR count). The van der Waals surface area contributed by atoms with Crippen molar-refractivity contribution in [3.8, 4) is 0 Å². The second-order valence-corrected chi connectivity index (χ2v) is 10.8. The van der Waals surface area contributed by atoms with Gasteiger partial charge in [0, 0.05) is 37.9 Å². The van der Waals surface area contributed by atoms with Crippen LogP contribution >= 0.6 is 0 Å². The van der Waals surface area contributed by atoms with Crippen molar-refractivity contribution in [3.63, 3.8) is 0 Å². The van der Waals surface area contributed by atoms with Gasteiger partial charge in [-0.15, -0.1) is 10.2 Å². The van der Waals surface area contributed by atoms with Crippen molar-refractivity contribution in [1.82, 2.24) is 24.6 Å². The monoisotopic (exact) mass is 512 g/mol. The van der Waals surface area contributed by atoms with Gasteiger partial charge in [-0.3, -0.25) is 9.88 Å². The third kappa shape index (κ3) is 5.98. The SMILES string of the molecule is C[C@H]1CCCN(Cc2cnc(CNc3cccc(C(c4nncn4C)C4CCC4)c3)c(C(F)(F)F)c2)C1. The van der Waals surface area contributed by atoms with E-state index < -0.39 is 11.7 Å². The molecule has 9 heteroatoms. The van der Waals surface area contributed by atoms with Crippen LogP contribution in [0.4, 0.5) is 18.9 Å². The number of likely N-dealkylation sites (tertiary alicyclic amines) is 1. The highest BCUT2D eigenvalue weighted by molar-refractivity contribution is 5.48. The predicted molar refractivity (Wildman–Crippen MR) is 137 cm³/mol. The third-order valence-corrected chi connectivity index (χ3v) is 7.83. The van der Waals surface area contributed by atoms with Gasteiger partial charge in [-0.1, -0.05) is 25.5 Å². The van der Waals surface area contributed by atoms with E-state index in [0.29, 0.717) is 23.9 Å². The first-order valence-electron chi connectivity index (χ1n) is 13.2. The largest absolute Gasteiger partial charge is 0.418 e. The predicted octanol–water partition coefficient (Wildman–Crippen LogP) is 6.00. The number of hydrogen-bond donors (Lipinski definition) is 1. The average molecular weight is 513 g/mol. The smallest absolute Gasteiger partial charge is 0.379 e. The van der Waals surface area contributed by atoms with Gasteiger partial charge in [0.25, 0.3) is 0 Å². The van der Waals surface area contributed by atoms with Crippen molar-refractivity contribution in [3.05, 3.63) is 71.1 Å². The van der Waals surface area contributed by atoms with Crippen molar-refractivity contribution in [1.29, 1.82) is 0 Å². The number of piperidine rings is 1. The van der Waals surface area contributed by atoms with Gasteiger partial charge in [-0.2, -0.15) is 13.2 Å². The molecule has 1 saturated heterocycles. The fourth-order valence-corrected chi connectivity index (χ4v) is 5.70. The summed E-state index contributed by atoms with van der Waals surface area (Å²) in [5.41, 5.74) is 1.83. The average Bonchev–Trinajstić information content (AvgIpc) is 3.25. The Labute approximate surface area is 216 Å². The molecule has 37 heavy (non-hydrogen) atoms. The number of pyridine rings is 1. The fraction of sp³-hybridized carbons (Fsp3) is 0.536. The van der Waals surface area contributed by atoms with Crippen LogP contribution in [0.25, 0.3) is 0 Å². The second kappa shape index (κ2) is 10.8. The minimum atomic E-state index is -4.46. The maximum atomic E-state index is 14.0. The van der Waals surface area contributed by atoms with Crippen LogP contribution in [0, 0.1) is 11.8 Å². The van der Waals surface area contributed by atoms with E-state index >= 15 is 0 Å². The van der Waals surface area contributed by atoms with Crippen molar-refractivity contribution in [2.45, 2.75) is 64.2 Å². The number of nitrogens with one attached hydrogen (secondary N) is 1. The highest BCUT2D eigenvalue weighted by atomic mass is 19.4. The van der Waals surface area contributed by atoms with E-state index in [-0.39, 0.29) is 18.2 Å². The number of benzene rings is 1. The van der Waals surface area contributed by atoms with Crippen LogP contribution in [0.5, 0.6) is 0 Å². The van der Waals surface area contributed by atoms with Gasteiger partial charge in [-0.05, 0) is 73.4 Å². The third-order valence-electron chi connectivity index (χ3n) is 7.83. The minimum Gasteiger partial charge on any atom is -0.379 e. The number of aromatic nitrogens is 4. The number of rotatable bonds is 8. The molecule has 1 aromatic carbocycles. The lowest BCUT2D eigenvalue weighted by atomic mass is 9.72. The molecule has 3 aromatic rings. The molecule has 0 amide bonds. The Bertz CT molecular complexity index is 1200. The second-order valence-electron chi connectivity index (χ2n) is 10.8. The van der Waals surface area contributed by atoms with E-state index in [1.165, 1.54) is 18.9 Å². The molecule has 2 aliphatic rings. The standard InChI is InChI=1S/C28H35F3N6/c1-19-6-5-11-37(16-19)17-20-12-24(28(29,30)31)25(33-14-20)15-32-23-10-4-9-22(13-23)26(21-7-3-8-21)27-35-34-18-36(27)2/h4,9-10,12-14,18-19,21,26,32H,3,5-8,11,15-17H2,1-2H3/t19-,26?/m0/s1. The molecule has 0 spiro atoms. The fourth-order valence-electron chi connectivity index (χ4n) is 5.70. The zero-order valence-electron chi connectivity index (χ0n) is 21.5. The van der Waals surface area contributed by atoms with E-state index in [4.69, 9.17) is 0 Å². The lowest BCUT2D eigenvalue weighted by Crippen LogP contribution is -2.33. The molecular weight excluding hydrogens is 477 g/mol. The van der Waals surface area contributed by atoms with E-state index in [2.05, 4.69) is 38.4 Å². The van der Waals surface area contributed by atoms with Crippen molar-refractivity contribution in [2.24, 2.45) is 18.9 Å². The molecule has 198 valence electrons. The highest BCUT2D eigenvalue weighted by Gasteiger charge is 2.35. The van der Waals surface area contributed by atoms with Crippen LogP contribution in [0.15, 0.2) is 42.9 Å². The first kappa shape index (κ1) is 25.7. The van der Waals surface area contributed by atoms with Gasteiger partial charge in [0.1, 0.15) is 12.2 Å². The molecule has 2 atom stereocenters. The molecule has 2 aromatic heterocycles. The molecule has 2 fully saturated rings. The minimum absolute atomic E-state index is 0.00260. The van der Waals surface area contributed by atoms with Crippen LogP contribution in [-0.4, -0.2) is 37.7 Å². The van der Waals surface area contributed by atoms with Gasteiger partial charge in [-0.25, -0.2) is 0 Å². The van der Waals surface area contributed by atoms with Gasteiger partial charge in [0.15, 0.2) is 0 Å². The quantitative estimate of drug-likeness (QED) is 0.401. The van der Waals surface area contributed by atoms with Crippen molar-refractivity contribution >= 4 is 5.69 Å². The normalized spacial score (nSPS) is 20.0. The molecule has 1 unspecified atom stereocenters. The molecule has 3 heterocycles. The summed E-state index contributed by atoms with van der Waals surface area (Å²) in [6, 6.07) is 9.20. The highest BCUT2D eigenvalue weighted by Crippen LogP contribution is 2.43. The Balaban J connectivity index is 1.33. The zero-order chi connectivity index (χ0) is 26.0. The molecule has 1 aliphatic carbocycles. The molecule has 1 aliphatic heterocycles. The Morgan fingerprint density at radius 2 is 1.97 bits per heavy atom. The summed E-state index contributed by atoms with van der Waals surface area (Å²) in [5, 5.41) is 11.6. The summed E-state index contributed by atoms with van der Waals surface area (Å²) in [7, 11) is 1.95. The summed E-state index contributed by atoms with van der Waals surface area (Å²) in [6.45, 7) is 4.52. The molecule has 0 bridgehead atoms. The van der Waals surface area contributed by atoms with E-state index in [1.807, 2.05) is 29.8 Å². The number of anilines is 1. The number of aryl methyl sites for hydroxylation is 1.